The molecule has 1 atom stereocenters. The van der Waals surface area contributed by atoms with E-state index in [4.69, 9.17) is 4.74 Å². The van der Waals surface area contributed by atoms with E-state index in [1.807, 2.05) is 0 Å². The van der Waals surface area contributed by atoms with Gasteiger partial charge in [-0.25, -0.2) is 0 Å². The van der Waals surface area contributed by atoms with Crippen LogP contribution in [0.5, 0.6) is 0 Å². The monoisotopic (exact) mass is 240 g/mol. The highest BCUT2D eigenvalue weighted by Gasteiger charge is 2.27. The molecule has 0 aromatic carbocycles. The molecule has 2 fully saturated rings. The van der Waals surface area contributed by atoms with Gasteiger partial charge in [-0.3, -0.25) is 4.90 Å². The fourth-order valence-electron chi connectivity index (χ4n) is 3.24. The minimum atomic E-state index is 0.741. The Morgan fingerprint density at radius 1 is 1.24 bits per heavy atom. The molecular formula is C14H28N2O. The summed E-state index contributed by atoms with van der Waals surface area (Å²) in [5, 5.41) is 3.73. The van der Waals surface area contributed by atoms with Crippen molar-refractivity contribution in [2.24, 2.45) is 5.92 Å². The van der Waals surface area contributed by atoms with Gasteiger partial charge in [-0.1, -0.05) is 19.3 Å². The van der Waals surface area contributed by atoms with Crippen molar-refractivity contribution in [1.29, 1.82) is 0 Å². The molecular weight excluding hydrogens is 212 g/mol. The van der Waals surface area contributed by atoms with E-state index in [2.05, 4.69) is 17.1 Å². The Balaban J connectivity index is 1.71. The summed E-state index contributed by atoms with van der Waals surface area (Å²) in [6, 6.07) is 0.741. The molecule has 1 heterocycles. The fraction of sp³-hybridized carbons (Fsp3) is 1.00. The van der Waals surface area contributed by atoms with E-state index >= 15 is 0 Å². The van der Waals surface area contributed by atoms with Crippen molar-refractivity contribution in [2.75, 3.05) is 39.4 Å². The van der Waals surface area contributed by atoms with Gasteiger partial charge in [0.15, 0.2) is 0 Å². The molecule has 1 aliphatic carbocycles. The molecule has 0 bridgehead atoms. The van der Waals surface area contributed by atoms with Crippen molar-refractivity contribution in [3.8, 4) is 0 Å². The maximum atomic E-state index is 5.45. The van der Waals surface area contributed by atoms with Gasteiger partial charge in [0.1, 0.15) is 0 Å². The van der Waals surface area contributed by atoms with E-state index in [9.17, 15) is 0 Å². The molecule has 0 radical (unpaired) electrons. The van der Waals surface area contributed by atoms with Crippen LogP contribution >= 0.6 is 0 Å². The molecule has 0 spiro atoms. The van der Waals surface area contributed by atoms with E-state index in [-0.39, 0.29) is 0 Å². The smallest absolute Gasteiger partial charge is 0.0593 e. The highest BCUT2D eigenvalue weighted by Crippen LogP contribution is 2.27. The van der Waals surface area contributed by atoms with Gasteiger partial charge < -0.3 is 10.1 Å². The van der Waals surface area contributed by atoms with Crippen LogP contribution in [0.3, 0.4) is 0 Å². The Morgan fingerprint density at radius 3 is 2.82 bits per heavy atom. The Morgan fingerprint density at radius 2 is 2.06 bits per heavy atom. The molecule has 0 amide bonds. The summed E-state index contributed by atoms with van der Waals surface area (Å²) in [7, 11) is 0. The van der Waals surface area contributed by atoms with E-state index < -0.39 is 0 Å². The molecule has 1 aliphatic heterocycles. The first-order chi connectivity index (χ1) is 8.40. The molecule has 1 saturated carbocycles. The van der Waals surface area contributed by atoms with Crippen molar-refractivity contribution in [3.63, 3.8) is 0 Å². The van der Waals surface area contributed by atoms with Gasteiger partial charge >= 0.3 is 0 Å². The average molecular weight is 240 g/mol. The van der Waals surface area contributed by atoms with E-state index in [0.717, 1.165) is 38.3 Å². The highest BCUT2D eigenvalue weighted by atomic mass is 16.5. The standard InChI is InChI=1S/C14H28N2O/c1-2-17-11-10-16-9-8-15-14(12-16)13-6-4-3-5-7-13/h13-15H,2-12H2,1H3. The van der Waals surface area contributed by atoms with E-state index in [0.29, 0.717) is 0 Å². The summed E-state index contributed by atoms with van der Waals surface area (Å²) in [5.74, 6) is 0.929. The Hall–Kier alpha value is -0.120. The predicted octanol–water partition coefficient (Wildman–Crippen LogP) is 1.88. The molecule has 100 valence electrons. The number of hydrogen-bond donors (Lipinski definition) is 1. The number of hydrogen-bond acceptors (Lipinski definition) is 3. The Labute approximate surface area is 106 Å². The highest BCUT2D eigenvalue weighted by molar-refractivity contribution is 4.85. The normalized spacial score (nSPS) is 28.4. The van der Waals surface area contributed by atoms with Crippen LogP contribution in [-0.4, -0.2) is 50.3 Å². The van der Waals surface area contributed by atoms with Gasteiger partial charge in [-0.15, -0.1) is 0 Å². The summed E-state index contributed by atoms with van der Waals surface area (Å²) in [6.07, 6.45) is 7.23. The lowest BCUT2D eigenvalue weighted by atomic mass is 9.83. The molecule has 1 saturated heterocycles. The third kappa shape index (κ3) is 4.23. The summed E-state index contributed by atoms with van der Waals surface area (Å²) in [4.78, 5) is 2.57. The number of piperazine rings is 1. The zero-order valence-corrected chi connectivity index (χ0v) is 11.3. The van der Waals surface area contributed by atoms with Crippen molar-refractivity contribution < 1.29 is 4.74 Å². The van der Waals surface area contributed by atoms with E-state index in [1.54, 1.807) is 0 Å². The first kappa shape index (κ1) is 13.3. The molecule has 1 N–H and O–H groups in total. The first-order valence-electron chi connectivity index (χ1n) is 7.43. The zero-order valence-electron chi connectivity index (χ0n) is 11.3. The molecule has 1 unspecified atom stereocenters. The summed E-state index contributed by atoms with van der Waals surface area (Å²) < 4.78 is 5.45. The summed E-state index contributed by atoms with van der Waals surface area (Å²) in [5.41, 5.74) is 0. The average Bonchev–Trinajstić information content (AvgIpc) is 2.41. The predicted molar refractivity (Wildman–Crippen MR) is 71.3 cm³/mol. The third-order valence-electron chi connectivity index (χ3n) is 4.26. The molecule has 2 rings (SSSR count). The third-order valence-corrected chi connectivity index (χ3v) is 4.26. The van der Waals surface area contributed by atoms with Crippen LogP contribution in [0.4, 0.5) is 0 Å². The second-order valence-corrected chi connectivity index (χ2v) is 5.46. The fourth-order valence-corrected chi connectivity index (χ4v) is 3.24. The quantitative estimate of drug-likeness (QED) is 0.743. The van der Waals surface area contributed by atoms with Crippen molar-refractivity contribution in [3.05, 3.63) is 0 Å². The topological polar surface area (TPSA) is 24.5 Å². The number of ether oxygens (including phenoxy) is 1. The molecule has 3 heteroatoms. The zero-order chi connectivity index (χ0) is 11.9. The SMILES string of the molecule is CCOCCN1CCNC(C2CCCCC2)C1. The van der Waals surface area contributed by atoms with Crippen LogP contribution in [0.25, 0.3) is 0 Å². The van der Waals surface area contributed by atoms with Gasteiger partial charge in [0.25, 0.3) is 0 Å². The lowest BCUT2D eigenvalue weighted by Gasteiger charge is -2.39. The number of rotatable bonds is 5. The molecule has 17 heavy (non-hydrogen) atoms. The Bertz CT molecular complexity index is 204. The van der Waals surface area contributed by atoms with Crippen LogP contribution in [-0.2, 0) is 4.74 Å². The number of nitrogens with one attached hydrogen (secondary N) is 1. The first-order valence-corrected chi connectivity index (χ1v) is 7.43. The van der Waals surface area contributed by atoms with Gasteiger partial charge in [0, 0.05) is 38.8 Å². The molecule has 0 aromatic rings. The van der Waals surface area contributed by atoms with Crippen LogP contribution in [0.2, 0.25) is 0 Å². The molecule has 2 aliphatic rings. The van der Waals surface area contributed by atoms with Gasteiger partial charge in [0.05, 0.1) is 6.61 Å². The maximum absolute atomic E-state index is 5.45. The van der Waals surface area contributed by atoms with Crippen molar-refractivity contribution >= 4 is 0 Å². The molecule has 3 nitrogen and oxygen atoms in total. The van der Waals surface area contributed by atoms with Crippen molar-refractivity contribution in [1.82, 2.24) is 10.2 Å². The van der Waals surface area contributed by atoms with Crippen molar-refractivity contribution in [2.45, 2.75) is 45.1 Å². The van der Waals surface area contributed by atoms with Gasteiger partial charge in [-0.05, 0) is 25.7 Å². The minimum Gasteiger partial charge on any atom is -0.380 e. The second kappa shape index (κ2) is 7.34. The van der Waals surface area contributed by atoms with Crippen LogP contribution < -0.4 is 5.32 Å². The lowest BCUT2D eigenvalue weighted by Crippen LogP contribution is -2.54. The summed E-state index contributed by atoms with van der Waals surface area (Å²) >= 11 is 0. The van der Waals surface area contributed by atoms with Crippen LogP contribution in [0, 0.1) is 5.92 Å². The van der Waals surface area contributed by atoms with Gasteiger partial charge in [0.2, 0.25) is 0 Å². The largest absolute Gasteiger partial charge is 0.380 e. The molecule has 0 aromatic heterocycles. The second-order valence-electron chi connectivity index (χ2n) is 5.46. The minimum absolute atomic E-state index is 0.741. The van der Waals surface area contributed by atoms with Crippen LogP contribution in [0.15, 0.2) is 0 Å². The Kier molecular flexibility index (Phi) is 5.75. The maximum Gasteiger partial charge on any atom is 0.0593 e. The lowest BCUT2D eigenvalue weighted by molar-refractivity contribution is 0.0870. The van der Waals surface area contributed by atoms with Crippen LogP contribution in [0.1, 0.15) is 39.0 Å². The van der Waals surface area contributed by atoms with Gasteiger partial charge in [-0.2, -0.15) is 0 Å². The van der Waals surface area contributed by atoms with E-state index in [1.165, 1.54) is 45.2 Å². The number of nitrogens with zero attached hydrogens (tertiary/aromatic N) is 1. The summed E-state index contributed by atoms with van der Waals surface area (Å²) in [6.45, 7) is 8.51.